The van der Waals surface area contributed by atoms with Crippen LogP contribution in [-0.4, -0.2) is 40.3 Å². The Labute approximate surface area is 63.8 Å². The quantitative estimate of drug-likeness (QED) is 0.450. The molecule has 0 amide bonds. The first-order valence-electron chi connectivity index (χ1n) is 3.46. The molecule has 3 atom stereocenters. The number of aliphatic hydroxyl groups excluding tert-OH is 3. The lowest BCUT2D eigenvalue weighted by molar-refractivity contribution is -0.0520. The summed E-state index contributed by atoms with van der Waals surface area (Å²) in [5.41, 5.74) is 0.155. The zero-order valence-corrected chi connectivity index (χ0v) is 5.94. The molecule has 0 fully saturated rings. The third kappa shape index (κ3) is 1.58. The molecule has 0 saturated heterocycles. The molecule has 0 spiro atoms. The predicted octanol–water partition coefficient (Wildman–Crippen LogP) is -0.631. The van der Waals surface area contributed by atoms with Crippen molar-refractivity contribution in [2.24, 2.45) is 0 Å². The molecular weight excluding hydrogens is 151 g/mol. The minimum Gasteiger partial charge on any atom is -0.390 e. The summed E-state index contributed by atoms with van der Waals surface area (Å²) in [6.45, 7) is -0.773. The molecule has 1 aliphatic rings. The SMILES string of the molecule is O[C@@H]1[C@@H](O)CC=C(CF)[C@@H]1O. The summed E-state index contributed by atoms with van der Waals surface area (Å²) < 4.78 is 12.0. The molecule has 0 aromatic carbocycles. The van der Waals surface area contributed by atoms with Crippen molar-refractivity contribution in [1.82, 2.24) is 0 Å². The molecule has 64 valence electrons. The van der Waals surface area contributed by atoms with Crippen molar-refractivity contribution in [3.05, 3.63) is 11.6 Å². The van der Waals surface area contributed by atoms with Crippen LogP contribution >= 0.6 is 0 Å². The van der Waals surface area contributed by atoms with E-state index in [1.807, 2.05) is 0 Å². The van der Waals surface area contributed by atoms with Gasteiger partial charge in [0, 0.05) is 0 Å². The van der Waals surface area contributed by atoms with Gasteiger partial charge in [0.2, 0.25) is 0 Å². The molecule has 11 heavy (non-hydrogen) atoms. The zero-order chi connectivity index (χ0) is 8.43. The summed E-state index contributed by atoms with van der Waals surface area (Å²) in [5.74, 6) is 0. The second kappa shape index (κ2) is 3.30. The summed E-state index contributed by atoms with van der Waals surface area (Å²) in [4.78, 5) is 0. The van der Waals surface area contributed by atoms with Crippen LogP contribution in [0, 0.1) is 0 Å². The van der Waals surface area contributed by atoms with E-state index in [-0.39, 0.29) is 12.0 Å². The molecule has 0 radical (unpaired) electrons. The summed E-state index contributed by atoms with van der Waals surface area (Å²) in [5, 5.41) is 27.1. The highest BCUT2D eigenvalue weighted by atomic mass is 19.1. The number of alkyl halides is 1. The van der Waals surface area contributed by atoms with Crippen LogP contribution in [0.3, 0.4) is 0 Å². The van der Waals surface area contributed by atoms with Gasteiger partial charge in [0.1, 0.15) is 18.9 Å². The maximum Gasteiger partial charge on any atom is 0.113 e. The van der Waals surface area contributed by atoms with Crippen molar-refractivity contribution in [2.45, 2.75) is 24.7 Å². The maximum absolute atomic E-state index is 12.0. The molecule has 1 rings (SSSR count). The number of aliphatic hydroxyl groups is 3. The Morgan fingerprint density at radius 1 is 1.45 bits per heavy atom. The van der Waals surface area contributed by atoms with Crippen LogP contribution in [0.5, 0.6) is 0 Å². The molecular formula is C7H11FO3. The molecule has 3 N–H and O–H groups in total. The third-order valence-electron chi connectivity index (χ3n) is 1.87. The smallest absolute Gasteiger partial charge is 0.113 e. The van der Waals surface area contributed by atoms with Crippen LogP contribution in [0.1, 0.15) is 6.42 Å². The van der Waals surface area contributed by atoms with E-state index in [1.165, 1.54) is 6.08 Å². The normalized spacial score (nSPS) is 38.5. The molecule has 4 heteroatoms. The highest BCUT2D eigenvalue weighted by Crippen LogP contribution is 2.19. The fraction of sp³-hybridized carbons (Fsp3) is 0.714. The van der Waals surface area contributed by atoms with Gasteiger partial charge in [-0.05, 0) is 12.0 Å². The highest BCUT2D eigenvalue weighted by Gasteiger charge is 2.30. The van der Waals surface area contributed by atoms with Gasteiger partial charge in [0.15, 0.2) is 0 Å². The molecule has 0 heterocycles. The first-order valence-corrected chi connectivity index (χ1v) is 3.46. The Morgan fingerprint density at radius 3 is 2.64 bits per heavy atom. The fourth-order valence-electron chi connectivity index (χ4n) is 1.10. The molecule has 0 aromatic rings. The van der Waals surface area contributed by atoms with Gasteiger partial charge in [-0.2, -0.15) is 0 Å². The highest BCUT2D eigenvalue weighted by molar-refractivity contribution is 5.16. The Morgan fingerprint density at radius 2 is 2.09 bits per heavy atom. The molecule has 0 saturated carbocycles. The van der Waals surface area contributed by atoms with Gasteiger partial charge in [-0.1, -0.05) is 6.08 Å². The van der Waals surface area contributed by atoms with E-state index >= 15 is 0 Å². The Bertz CT molecular complexity index is 169. The molecule has 0 aliphatic heterocycles. The van der Waals surface area contributed by atoms with Crippen molar-refractivity contribution in [3.8, 4) is 0 Å². The predicted molar refractivity (Wildman–Crippen MR) is 36.7 cm³/mol. The third-order valence-corrected chi connectivity index (χ3v) is 1.87. The lowest BCUT2D eigenvalue weighted by Gasteiger charge is -2.27. The summed E-state index contributed by atoms with van der Waals surface area (Å²) in [6.07, 6.45) is -1.84. The van der Waals surface area contributed by atoms with Crippen LogP contribution < -0.4 is 0 Å². The minimum atomic E-state index is -1.25. The van der Waals surface area contributed by atoms with Gasteiger partial charge in [0.25, 0.3) is 0 Å². The van der Waals surface area contributed by atoms with Crippen LogP contribution in [0.25, 0.3) is 0 Å². The molecule has 3 nitrogen and oxygen atoms in total. The molecule has 0 unspecified atom stereocenters. The van der Waals surface area contributed by atoms with Crippen LogP contribution in [0.4, 0.5) is 4.39 Å². The lowest BCUT2D eigenvalue weighted by Crippen LogP contribution is -2.41. The van der Waals surface area contributed by atoms with Crippen molar-refractivity contribution in [3.63, 3.8) is 0 Å². The van der Waals surface area contributed by atoms with E-state index in [1.54, 1.807) is 0 Å². The van der Waals surface area contributed by atoms with Crippen molar-refractivity contribution in [2.75, 3.05) is 6.67 Å². The lowest BCUT2D eigenvalue weighted by atomic mass is 9.92. The Hall–Kier alpha value is -0.450. The summed E-state index contributed by atoms with van der Waals surface area (Å²) in [6, 6.07) is 0. The number of hydrogen-bond donors (Lipinski definition) is 3. The van der Waals surface area contributed by atoms with E-state index in [0.29, 0.717) is 0 Å². The number of rotatable bonds is 1. The van der Waals surface area contributed by atoms with E-state index in [9.17, 15) is 4.39 Å². The van der Waals surface area contributed by atoms with Gasteiger partial charge < -0.3 is 15.3 Å². The zero-order valence-electron chi connectivity index (χ0n) is 5.94. The monoisotopic (exact) mass is 162 g/mol. The summed E-state index contributed by atoms with van der Waals surface area (Å²) in [7, 11) is 0. The largest absolute Gasteiger partial charge is 0.390 e. The van der Waals surface area contributed by atoms with Crippen LogP contribution in [0.2, 0.25) is 0 Å². The summed E-state index contributed by atoms with van der Waals surface area (Å²) >= 11 is 0. The number of halogens is 1. The van der Waals surface area contributed by atoms with E-state index in [2.05, 4.69) is 0 Å². The average molecular weight is 162 g/mol. The first kappa shape index (κ1) is 8.64. The standard InChI is InChI=1S/C7H11FO3/c8-3-4-1-2-5(9)7(11)6(4)10/h1,5-7,9-11H,2-3H2/t5-,6-,7+/m0/s1. The van der Waals surface area contributed by atoms with Gasteiger partial charge >= 0.3 is 0 Å². The fourth-order valence-corrected chi connectivity index (χ4v) is 1.10. The second-order valence-corrected chi connectivity index (χ2v) is 2.65. The molecule has 1 aliphatic carbocycles. The first-order chi connectivity index (χ1) is 5.16. The van der Waals surface area contributed by atoms with Gasteiger partial charge in [-0.3, -0.25) is 0 Å². The van der Waals surface area contributed by atoms with Crippen molar-refractivity contribution >= 4 is 0 Å². The van der Waals surface area contributed by atoms with E-state index in [4.69, 9.17) is 15.3 Å². The van der Waals surface area contributed by atoms with E-state index in [0.717, 1.165) is 0 Å². The van der Waals surface area contributed by atoms with Crippen molar-refractivity contribution in [1.29, 1.82) is 0 Å². The molecule has 0 bridgehead atoms. The van der Waals surface area contributed by atoms with Gasteiger partial charge in [0.05, 0.1) is 6.10 Å². The van der Waals surface area contributed by atoms with E-state index < -0.39 is 25.0 Å². The van der Waals surface area contributed by atoms with Crippen LogP contribution in [-0.2, 0) is 0 Å². The maximum atomic E-state index is 12.0. The van der Waals surface area contributed by atoms with Gasteiger partial charge in [-0.25, -0.2) is 4.39 Å². The average Bonchev–Trinajstić information content (AvgIpc) is 2.01. The Kier molecular flexibility index (Phi) is 2.59. The Balaban J connectivity index is 2.70. The van der Waals surface area contributed by atoms with Crippen LogP contribution in [0.15, 0.2) is 11.6 Å². The van der Waals surface area contributed by atoms with Gasteiger partial charge in [-0.15, -0.1) is 0 Å². The second-order valence-electron chi connectivity index (χ2n) is 2.65. The van der Waals surface area contributed by atoms with Crippen molar-refractivity contribution < 1.29 is 19.7 Å². The number of hydrogen-bond acceptors (Lipinski definition) is 3. The molecule has 0 aromatic heterocycles. The minimum absolute atomic E-state index is 0.155. The topological polar surface area (TPSA) is 60.7 Å².